The Balaban J connectivity index is 1.57. The van der Waals surface area contributed by atoms with Gasteiger partial charge >= 0.3 is 0 Å². The van der Waals surface area contributed by atoms with Crippen LogP contribution in [-0.4, -0.2) is 18.1 Å². The fourth-order valence-corrected chi connectivity index (χ4v) is 6.11. The molecule has 0 radical (unpaired) electrons. The summed E-state index contributed by atoms with van der Waals surface area (Å²) < 4.78 is 6.08. The van der Waals surface area contributed by atoms with Crippen molar-refractivity contribution in [2.24, 2.45) is 0 Å². The molecule has 1 heterocycles. The molecule has 0 saturated carbocycles. The molecular weight excluding hydrogens is 332 g/mol. The molecule has 126 valence electrons. The first kappa shape index (κ1) is 17.5. The van der Waals surface area contributed by atoms with Gasteiger partial charge in [-0.3, -0.25) is 0 Å². The Kier molecular flexibility index (Phi) is 6.33. The third kappa shape index (κ3) is 4.40. The standard InChI is InChI=1S/C21H24OS2/c1-2-21(23-16-7-17-24-21)19-11-13-20(14-12-19)22-15-6-10-18-8-4-3-5-9-18/h3-6,8-14H,2,7,15-17H2,1H3. The van der Waals surface area contributed by atoms with Crippen molar-refractivity contribution in [2.75, 3.05) is 18.1 Å². The van der Waals surface area contributed by atoms with Gasteiger partial charge in [-0.05, 0) is 53.7 Å². The molecule has 0 spiro atoms. The molecule has 1 aliphatic rings. The van der Waals surface area contributed by atoms with Gasteiger partial charge in [-0.25, -0.2) is 0 Å². The molecule has 0 atom stereocenters. The minimum Gasteiger partial charge on any atom is -0.490 e. The zero-order valence-electron chi connectivity index (χ0n) is 14.1. The van der Waals surface area contributed by atoms with Crippen LogP contribution in [0.1, 0.15) is 30.9 Å². The molecule has 2 aromatic rings. The van der Waals surface area contributed by atoms with Gasteiger partial charge in [0.25, 0.3) is 0 Å². The third-order valence-corrected chi connectivity index (χ3v) is 7.85. The van der Waals surface area contributed by atoms with Gasteiger partial charge in [-0.15, -0.1) is 23.5 Å². The van der Waals surface area contributed by atoms with Crippen LogP contribution in [0.3, 0.4) is 0 Å². The second-order valence-electron chi connectivity index (χ2n) is 5.81. The molecule has 1 saturated heterocycles. The largest absolute Gasteiger partial charge is 0.490 e. The highest BCUT2D eigenvalue weighted by Crippen LogP contribution is 2.52. The van der Waals surface area contributed by atoms with Crippen molar-refractivity contribution in [3.63, 3.8) is 0 Å². The van der Waals surface area contributed by atoms with E-state index in [1.165, 1.54) is 35.5 Å². The second-order valence-corrected chi connectivity index (χ2v) is 8.85. The second kappa shape index (κ2) is 8.68. The molecule has 1 fully saturated rings. The Morgan fingerprint density at radius 1 is 1.00 bits per heavy atom. The SMILES string of the molecule is CCC1(c2ccc(OCC=Cc3ccccc3)cc2)SCCCS1. The van der Waals surface area contributed by atoms with Gasteiger partial charge in [0.05, 0.1) is 4.08 Å². The topological polar surface area (TPSA) is 9.23 Å². The average molecular weight is 357 g/mol. The Morgan fingerprint density at radius 2 is 1.71 bits per heavy atom. The Morgan fingerprint density at radius 3 is 2.38 bits per heavy atom. The molecule has 24 heavy (non-hydrogen) atoms. The van der Waals surface area contributed by atoms with Crippen LogP contribution in [0.4, 0.5) is 0 Å². The lowest BCUT2D eigenvalue weighted by Gasteiger charge is -2.35. The normalized spacial score (nSPS) is 17.0. The van der Waals surface area contributed by atoms with Crippen LogP contribution in [0, 0.1) is 0 Å². The van der Waals surface area contributed by atoms with Gasteiger partial charge in [0.1, 0.15) is 12.4 Å². The average Bonchev–Trinajstić information content (AvgIpc) is 2.67. The maximum absolute atomic E-state index is 5.84. The van der Waals surface area contributed by atoms with Crippen LogP contribution < -0.4 is 4.74 Å². The van der Waals surface area contributed by atoms with Gasteiger partial charge in [-0.2, -0.15) is 0 Å². The van der Waals surface area contributed by atoms with E-state index >= 15 is 0 Å². The minimum atomic E-state index is 0.240. The zero-order valence-corrected chi connectivity index (χ0v) is 15.7. The Bertz CT molecular complexity index is 643. The van der Waals surface area contributed by atoms with Crippen molar-refractivity contribution in [1.82, 2.24) is 0 Å². The van der Waals surface area contributed by atoms with E-state index in [-0.39, 0.29) is 4.08 Å². The summed E-state index contributed by atoms with van der Waals surface area (Å²) in [7, 11) is 0. The molecule has 0 aliphatic carbocycles. The maximum Gasteiger partial charge on any atom is 0.119 e. The molecule has 0 bridgehead atoms. The predicted octanol–water partition coefficient (Wildman–Crippen LogP) is 6.21. The van der Waals surface area contributed by atoms with Gasteiger partial charge in [0, 0.05) is 0 Å². The number of ether oxygens (including phenoxy) is 1. The van der Waals surface area contributed by atoms with Crippen molar-refractivity contribution < 1.29 is 4.74 Å². The van der Waals surface area contributed by atoms with Crippen molar-refractivity contribution >= 4 is 29.6 Å². The summed E-state index contributed by atoms with van der Waals surface area (Å²) in [5.41, 5.74) is 2.62. The summed E-state index contributed by atoms with van der Waals surface area (Å²) in [5, 5.41) is 0. The van der Waals surface area contributed by atoms with E-state index in [1.54, 1.807) is 0 Å². The van der Waals surface area contributed by atoms with Crippen LogP contribution in [0.5, 0.6) is 5.75 Å². The highest BCUT2D eigenvalue weighted by Gasteiger charge is 2.33. The number of benzene rings is 2. The highest BCUT2D eigenvalue weighted by molar-refractivity contribution is 8.18. The van der Waals surface area contributed by atoms with Crippen LogP contribution in [0.15, 0.2) is 60.7 Å². The lowest BCUT2D eigenvalue weighted by molar-refractivity contribution is 0.363. The smallest absolute Gasteiger partial charge is 0.119 e. The minimum absolute atomic E-state index is 0.240. The molecule has 0 aromatic heterocycles. The first-order chi connectivity index (χ1) is 11.8. The highest BCUT2D eigenvalue weighted by atomic mass is 32.2. The third-order valence-electron chi connectivity index (χ3n) is 4.17. The molecule has 3 heteroatoms. The van der Waals surface area contributed by atoms with Crippen molar-refractivity contribution in [3.05, 3.63) is 71.8 Å². The van der Waals surface area contributed by atoms with Crippen molar-refractivity contribution in [3.8, 4) is 5.75 Å². The first-order valence-corrected chi connectivity index (χ1v) is 10.5. The molecule has 1 nitrogen and oxygen atoms in total. The molecule has 0 amide bonds. The van der Waals surface area contributed by atoms with Gasteiger partial charge in [-0.1, -0.05) is 55.5 Å². The molecule has 1 aliphatic heterocycles. The van der Waals surface area contributed by atoms with E-state index in [0.717, 1.165) is 5.75 Å². The van der Waals surface area contributed by atoms with Gasteiger partial charge in [0.15, 0.2) is 0 Å². The number of hydrogen-bond acceptors (Lipinski definition) is 3. The molecule has 3 rings (SSSR count). The van der Waals surface area contributed by atoms with Crippen molar-refractivity contribution in [2.45, 2.75) is 23.8 Å². The fourth-order valence-electron chi connectivity index (χ4n) is 2.85. The molecule has 0 unspecified atom stereocenters. The number of rotatable bonds is 6. The number of hydrogen-bond donors (Lipinski definition) is 0. The van der Waals surface area contributed by atoms with Crippen LogP contribution >= 0.6 is 23.5 Å². The Labute approximate surface area is 153 Å². The lowest BCUT2D eigenvalue weighted by Crippen LogP contribution is -2.21. The van der Waals surface area contributed by atoms with E-state index in [1.807, 2.05) is 18.2 Å². The van der Waals surface area contributed by atoms with Crippen LogP contribution in [-0.2, 0) is 4.08 Å². The van der Waals surface area contributed by atoms with E-state index in [9.17, 15) is 0 Å². The van der Waals surface area contributed by atoms with Gasteiger partial charge < -0.3 is 4.74 Å². The number of thioether (sulfide) groups is 2. The van der Waals surface area contributed by atoms with E-state index in [2.05, 4.69) is 79.0 Å². The molecule has 2 aromatic carbocycles. The van der Waals surface area contributed by atoms with E-state index in [0.29, 0.717) is 6.61 Å². The fraction of sp³-hybridized carbons (Fsp3) is 0.333. The summed E-state index contributed by atoms with van der Waals surface area (Å²) in [6, 6.07) is 19.0. The van der Waals surface area contributed by atoms with E-state index < -0.39 is 0 Å². The van der Waals surface area contributed by atoms with E-state index in [4.69, 9.17) is 4.74 Å². The zero-order chi connectivity index (χ0) is 16.7. The quantitative estimate of drug-likeness (QED) is 0.609. The summed E-state index contributed by atoms with van der Waals surface area (Å²) in [6.07, 6.45) is 6.65. The summed E-state index contributed by atoms with van der Waals surface area (Å²) in [4.78, 5) is 0. The van der Waals surface area contributed by atoms with Crippen LogP contribution in [0.2, 0.25) is 0 Å². The van der Waals surface area contributed by atoms with Gasteiger partial charge in [0.2, 0.25) is 0 Å². The monoisotopic (exact) mass is 356 g/mol. The maximum atomic E-state index is 5.84. The molecule has 0 N–H and O–H groups in total. The van der Waals surface area contributed by atoms with Crippen molar-refractivity contribution in [1.29, 1.82) is 0 Å². The Hall–Kier alpha value is -1.32. The van der Waals surface area contributed by atoms with Crippen LogP contribution in [0.25, 0.3) is 6.08 Å². The lowest BCUT2D eigenvalue weighted by atomic mass is 10.1. The first-order valence-electron chi connectivity index (χ1n) is 8.55. The summed E-state index contributed by atoms with van der Waals surface area (Å²) in [5.74, 6) is 3.47. The molecular formula is C21H24OS2. The summed E-state index contributed by atoms with van der Waals surface area (Å²) in [6.45, 7) is 2.89. The summed E-state index contributed by atoms with van der Waals surface area (Å²) >= 11 is 4.20. The predicted molar refractivity (Wildman–Crippen MR) is 109 cm³/mol.